The minimum absolute atomic E-state index is 0.0907. The van der Waals surface area contributed by atoms with Crippen LogP contribution in [0.1, 0.15) is 30.0 Å². The van der Waals surface area contributed by atoms with Crippen molar-refractivity contribution in [3.8, 4) is 5.75 Å². The second kappa shape index (κ2) is 9.85. The standard InChI is InChI=1S/C24H26O6S2/c1-18-4-14-23(15-5-18)31(25,26)29-20(3)8-9-21-10-12-22(13-11-21)30-32(27,28)24-16-6-19(2)7-17-24/h4-7,10-17,20H,8-9H2,1-3H3/t20-/m0/s1. The molecule has 3 aromatic rings. The fourth-order valence-corrected chi connectivity index (χ4v) is 5.03. The van der Waals surface area contributed by atoms with Gasteiger partial charge in [-0.1, -0.05) is 47.5 Å². The Labute approximate surface area is 190 Å². The Kier molecular flexibility index (Phi) is 7.38. The van der Waals surface area contributed by atoms with Crippen molar-refractivity contribution < 1.29 is 25.2 Å². The second-order valence-electron chi connectivity index (χ2n) is 7.71. The molecule has 0 saturated carbocycles. The Balaban J connectivity index is 1.56. The highest BCUT2D eigenvalue weighted by atomic mass is 32.2. The summed E-state index contributed by atoms with van der Waals surface area (Å²) in [4.78, 5) is 0.221. The van der Waals surface area contributed by atoms with E-state index < -0.39 is 26.3 Å². The molecule has 3 aromatic carbocycles. The van der Waals surface area contributed by atoms with Gasteiger partial charge < -0.3 is 4.18 Å². The number of hydrogen-bond acceptors (Lipinski definition) is 6. The lowest BCUT2D eigenvalue weighted by atomic mass is 10.1. The van der Waals surface area contributed by atoms with Crippen LogP contribution in [0, 0.1) is 13.8 Å². The molecule has 0 bridgehead atoms. The summed E-state index contributed by atoms with van der Waals surface area (Å²) in [6, 6.07) is 19.6. The molecular formula is C24H26O6S2. The number of benzene rings is 3. The molecule has 0 aliphatic carbocycles. The third-order valence-electron chi connectivity index (χ3n) is 4.88. The number of aryl methyl sites for hydroxylation is 3. The maximum atomic E-state index is 12.4. The summed E-state index contributed by atoms with van der Waals surface area (Å²) in [6.45, 7) is 5.46. The van der Waals surface area contributed by atoms with Gasteiger partial charge in [-0.15, -0.1) is 0 Å². The van der Waals surface area contributed by atoms with Crippen molar-refractivity contribution in [3.63, 3.8) is 0 Å². The van der Waals surface area contributed by atoms with Gasteiger partial charge in [0, 0.05) is 0 Å². The van der Waals surface area contributed by atoms with Crippen LogP contribution in [0.25, 0.3) is 0 Å². The van der Waals surface area contributed by atoms with E-state index in [2.05, 4.69) is 0 Å². The van der Waals surface area contributed by atoms with E-state index in [1.54, 1.807) is 55.5 Å². The average molecular weight is 475 g/mol. The molecule has 0 amide bonds. The van der Waals surface area contributed by atoms with Gasteiger partial charge in [-0.3, -0.25) is 4.18 Å². The van der Waals surface area contributed by atoms with Crippen molar-refractivity contribution in [2.24, 2.45) is 0 Å². The van der Waals surface area contributed by atoms with Crippen LogP contribution < -0.4 is 4.18 Å². The van der Waals surface area contributed by atoms with Gasteiger partial charge in [-0.05, 0) is 75.6 Å². The van der Waals surface area contributed by atoms with Gasteiger partial charge in [0.05, 0.1) is 11.0 Å². The SMILES string of the molecule is Cc1ccc(S(=O)(=O)Oc2ccc(CC[C@H](C)OS(=O)(=O)c3ccc(C)cc3)cc2)cc1. The smallest absolute Gasteiger partial charge is 0.339 e. The van der Waals surface area contributed by atoms with Crippen molar-refractivity contribution >= 4 is 20.2 Å². The molecule has 3 rings (SSSR count). The van der Waals surface area contributed by atoms with Gasteiger partial charge in [-0.2, -0.15) is 16.8 Å². The zero-order chi connectivity index (χ0) is 23.4. The molecule has 8 heteroatoms. The molecule has 1 atom stereocenters. The molecule has 0 fully saturated rings. The highest BCUT2D eigenvalue weighted by molar-refractivity contribution is 7.87. The average Bonchev–Trinajstić information content (AvgIpc) is 2.73. The van der Waals surface area contributed by atoms with Gasteiger partial charge in [0.2, 0.25) is 0 Å². The molecule has 32 heavy (non-hydrogen) atoms. The monoisotopic (exact) mass is 474 g/mol. The Morgan fingerprint density at radius 3 is 1.66 bits per heavy atom. The van der Waals surface area contributed by atoms with Crippen molar-refractivity contribution in [2.75, 3.05) is 0 Å². The minimum atomic E-state index is -3.90. The molecule has 0 N–H and O–H groups in total. The molecule has 6 nitrogen and oxygen atoms in total. The molecule has 0 aliphatic heterocycles. The molecule has 0 aromatic heterocycles. The topological polar surface area (TPSA) is 86.7 Å². The lowest BCUT2D eigenvalue weighted by Gasteiger charge is -2.13. The number of rotatable bonds is 9. The Morgan fingerprint density at radius 1 is 0.688 bits per heavy atom. The zero-order valence-corrected chi connectivity index (χ0v) is 19.8. The first-order valence-corrected chi connectivity index (χ1v) is 13.0. The van der Waals surface area contributed by atoms with Crippen LogP contribution in [0.5, 0.6) is 5.75 Å². The van der Waals surface area contributed by atoms with Crippen molar-refractivity contribution in [1.29, 1.82) is 0 Å². The minimum Gasteiger partial charge on any atom is -0.379 e. The Morgan fingerprint density at radius 2 is 1.16 bits per heavy atom. The first-order chi connectivity index (χ1) is 15.0. The molecule has 170 valence electrons. The first-order valence-electron chi connectivity index (χ1n) is 10.2. The van der Waals surface area contributed by atoms with E-state index in [4.69, 9.17) is 8.37 Å². The van der Waals surface area contributed by atoms with E-state index in [0.29, 0.717) is 12.8 Å². The van der Waals surface area contributed by atoms with Gasteiger partial charge in [0.15, 0.2) is 0 Å². The summed E-state index contributed by atoms with van der Waals surface area (Å²) < 4.78 is 60.0. The van der Waals surface area contributed by atoms with Gasteiger partial charge >= 0.3 is 10.1 Å². The summed E-state index contributed by atoms with van der Waals surface area (Å²) in [5.41, 5.74) is 2.84. The van der Waals surface area contributed by atoms with Crippen LogP contribution in [0.2, 0.25) is 0 Å². The quantitative estimate of drug-likeness (QED) is 0.414. The fourth-order valence-electron chi connectivity index (χ4n) is 2.99. The highest BCUT2D eigenvalue weighted by Gasteiger charge is 2.19. The zero-order valence-electron chi connectivity index (χ0n) is 18.2. The predicted octanol–water partition coefficient (Wildman–Crippen LogP) is 4.80. The lowest BCUT2D eigenvalue weighted by molar-refractivity contribution is 0.218. The van der Waals surface area contributed by atoms with Gasteiger partial charge in [-0.25, -0.2) is 0 Å². The van der Waals surface area contributed by atoms with E-state index in [1.165, 1.54) is 24.3 Å². The van der Waals surface area contributed by atoms with Crippen LogP contribution in [0.15, 0.2) is 82.6 Å². The molecule has 0 radical (unpaired) electrons. The summed E-state index contributed by atoms with van der Waals surface area (Å²) in [7, 11) is -7.73. The maximum Gasteiger partial charge on any atom is 0.339 e. The first kappa shape index (κ1) is 24.0. The third kappa shape index (κ3) is 6.41. The Bertz CT molecular complexity index is 1250. The number of hydrogen-bond donors (Lipinski definition) is 0. The molecule has 0 aliphatic rings. The molecule has 0 saturated heterocycles. The van der Waals surface area contributed by atoms with E-state index in [1.807, 2.05) is 13.8 Å². The van der Waals surface area contributed by atoms with Crippen molar-refractivity contribution in [3.05, 3.63) is 89.5 Å². The summed E-state index contributed by atoms with van der Waals surface area (Å²) in [6.07, 6.45) is 0.530. The normalized spacial score (nSPS) is 13.0. The maximum absolute atomic E-state index is 12.4. The van der Waals surface area contributed by atoms with Crippen LogP contribution in [-0.2, 0) is 30.8 Å². The van der Waals surface area contributed by atoms with E-state index in [-0.39, 0.29) is 15.5 Å². The third-order valence-corrected chi connectivity index (χ3v) is 7.57. The van der Waals surface area contributed by atoms with Crippen LogP contribution >= 0.6 is 0 Å². The van der Waals surface area contributed by atoms with Gasteiger partial charge in [0.25, 0.3) is 10.1 Å². The van der Waals surface area contributed by atoms with E-state index in [9.17, 15) is 16.8 Å². The highest BCUT2D eigenvalue weighted by Crippen LogP contribution is 2.21. The van der Waals surface area contributed by atoms with Crippen molar-refractivity contribution in [2.45, 2.75) is 49.5 Å². The molecule has 0 heterocycles. The summed E-state index contributed by atoms with van der Waals surface area (Å²) in [5, 5.41) is 0. The molecular weight excluding hydrogens is 448 g/mol. The predicted molar refractivity (Wildman–Crippen MR) is 123 cm³/mol. The molecule has 0 spiro atoms. The van der Waals surface area contributed by atoms with Crippen molar-refractivity contribution in [1.82, 2.24) is 0 Å². The van der Waals surface area contributed by atoms with E-state index in [0.717, 1.165) is 16.7 Å². The molecule has 0 unspecified atom stereocenters. The van der Waals surface area contributed by atoms with E-state index >= 15 is 0 Å². The van der Waals surface area contributed by atoms with Crippen LogP contribution in [0.3, 0.4) is 0 Å². The van der Waals surface area contributed by atoms with Gasteiger partial charge in [0.1, 0.15) is 10.6 Å². The van der Waals surface area contributed by atoms with Crippen LogP contribution in [0.4, 0.5) is 0 Å². The van der Waals surface area contributed by atoms with Crippen LogP contribution in [-0.4, -0.2) is 22.9 Å². The summed E-state index contributed by atoms with van der Waals surface area (Å²) >= 11 is 0. The summed E-state index contributed by atoms with van der Waals surface area (Å²) in [5.74, 6) is 0.209. The largest absolute Gasteiger partial charge is 0.379 e. The fraction of sp³-hybridized carbons (Fsp3) is 0.250. The second-order valence-corrected chi connectivity index (χ2v) is 10.8. The Hall–Kier alpha value is -2.68. The lowest BCUT2D eigenvalue weighted by Crippen LogP contribution is -2.16.